The Balaban J connectivity index is 0.000000372. The van der Waals surface area contributed by atoms with Crippen LogP contribution in [0.3, 0.4) is 0 Å². The van der Waals surface area contributed by atoms with Gasteiger partial charge in [0.15, 0.2) is 10.1 Å². The summed E-state index contributed by atoms with van der Waals surface area (Å²) < 4.78 is 6.52. The number of nitrogens with zero attached hydrogens (tertiary/aromatic N) is 4. The van der Waals surface area contributed by atoms with Gasteiger partial charge in [-0.2, -0.15) is 0 Å². The predicted octanol–water partition coefficient (Wildman–Crippen LogP) is 6.19. The van der Waals surface area contributed by atoms with Crippen molar-refractivity contribution in [3.8, 4) is 0 Å². The highest BCUT2D eigenvalue weighted by Gasteiger charge is 2.04. The number of aromatic nitrogens is 4. The third-order valence-corrected chi connectivity index (χ3v) is 4.05. The molecule has 0 saturated heterocycles. The summed E-state index contributed by atoms with van der Waals surface area (Å²) in [6.45, 7) is 7.93. The van der Waals surface area contributed by atoms with E-state index in [9.17, 15) is 0 Å². The van der Waals surface area contributed by atoms with E-state index in [1.807, 2.05) is 61.9 Å². The zero-order valence-corrected chi connectivity index (χ0v) is 14.4. The summed E-state index contributed by atoms with van der Waals surface area (Å²) in [4.78, 5) is 5.08. The van der Waals surface area contributed by atoms with Crippen molar-refractivity contribution in [3.63, 3.8) is 0 Å². The van der Waals surface area contributed by atoms with Crippen LogP contribution in [0.1, 0.15) is 40.0 Å². The SMILES string of the molecule is C.C.CC.Cc1c(Cl)nc2sccn12.Cc1cccc2nonc12. The molecule has 0 atom stereocenters. The summed E-state index contributed by atoms with van der Waals surface area (Å²) in [5.41, 5.74) is 3.78. The van der Waals surface area contributed by atoms with Crippen molar-refractivity contribution in [1.29, 1.82) is 0 Å². The van der Waals surface area contributed by atoms with Gasteiger partial charge in [-0.05, 0) is 35.8 Å². The highest BCUT2D eigenvalue weighted by molar-refractivity contribution is 7.15. The first-order valence-electron chi connectivity index (χ1n) is 6.92. The summed E-state index contributed by atoms with van der Waals surface area (Å²) in [7, 11) is 0. The Hall–Kier alpha value is -1.92. The predicted molar refractivity (Wildman–Crippen MR) is 104 cm³/mol. The molecule has 0 bridgehead atoms. The molecule has 0 amide bonds. The van der Waals surface area contributed by atoms with Gasteiger partial charge >= 0.3 is 0 Å². The lowest BCUT2D eigenvalue weighted by Gasteiger charge is -1.86. The lowest BCUT2D eigenvalue weighted by Crippen LogP contribution is -1.77. The van der Waals surface area contributed by atoms with Gasteiger partial charge in [0.25, 0.3) is 0 Å². The maximum Gasteiger partial charge on any atom is 0.195 e. The molecule has 0 spiro atoms. The van der Waals surface area contributed by atoms with Crippen LogP contribution in [0, 0.1) is 13.8 Å². The van der Waals surface area contributed by atoms with Crippen LogP contribution in [0.5, 0.6) is 0 Å². The first-order chi connectivity index (χ1) is 10.7. The lowest BCUT2D eigenvalue weighted by atomic mass is 10.2. The number of halogens is 1. The Labute approximate surface area is 152 Å². The number of aryl methyl sites for hydroxylation is 2. The molecule has 24 heavy (non-hydrogen) atoms. The molecule has 0 fully saturated rings. The maximum absolute atomic E-state index is 5.77. The Morgan fingerprint density at radius 3 is 2.46 bits per heavy atom. The molecule has 0 unspecified atom stereocenters. The molecule has 0 aliphatic rings. The molecule has 0 aliphatic carbocycles. The molecule has 0 radical (unpaired) electrons. The standard InChI is InChI=1S/C7H6N2O.C6H5ClN2S.C2H6.2CH4/c1-5-3-2-4-6-7(5)9-10-8-6;1-4-5(7)8-6-9(4)2-3-10-6;1-2;;/h2-4H,1H3;2-3H,1H3;1-2H3;2*1H4. The summed E-state index contributed by atoms with van der Waals surface area (Å²) >= 11 is 7.36. The second-order valence-electron chi connectivity index (χ2n) is 4.25. The number of hydrogen-bond acceptors (Lipinski definition) is 5. The van der Waals surface area contributed by atoms with Gasteiger partial charge in [-0.1, -0.05) is 52.4 Å². The molecule has 4 rings (SSSR count). The van der Waals surface area contributed by atoms with E-state index in [1.165, 1.54) is 0 Å². The van der Waals surface area contributed by atoms with Crippen molar-refractivity contribution < 1.29 is 4.63 Å². The van der Waals surface area contributed by atoms with Crippen LogP contribution >= 0.6 is 22.9 Å². The molecule has 3 heterocycles. The normalized spacial score (nSPS) is 9.21. The van der Waals surface area contributed by atoms with Gasteiger partial charge in [-0.3, -0.25) is 4.40 Å². The largest absolute Gasteiger partial charge is 0.293 e. The van der Waals surface area contributed by atoms with Gasteiger partial charge in [-0.15, -0.1) is 11.3 Å². The number of benzene rings is 1. The minimum Gasteiger partial charge on any atom is -0.293 e. The quantitative estimate of drug-likeness (QED) is 0.371. The van der Waals surface area contributed by atoms with E-state index >= 15 is 0 Å². The topological polar surface area (TPSA) is 56.2 Å². The fourth-order valence-electron chi connectivity index (χ4n) is 1.81. The minimum absolute atomic E-state index is 0. The number of thiazole rings is 1. The van der Waals surface area contributed by atoms with Crippen LogP contribution in [-0.4, -0.2) is 19.7 Å². The molecule has 4 aromatic rings. The van der Waals surface area contributed by atoms with E-state index < -0.39 is 0 Å². The molecule has 0 N–H and O–H groups in total. The molecular formula is C17H25ClN4OS. The first kappa shape index (κ1) is 22.1. The Morgan fingerprint density at radius 1 is 1.12 bits per heavy atom. The van der Waals surface area contributed by atoms with Crippen LogP contribution in [0.2, 0.25) is 5.15 Å². The molecule has 0 saturated carbocycles. The number of rotatable bonds is 0. The summed E-state index contributed by atoms with van der Waals surface area (Å²) in [5.74, 6) is 0. The molecule has 132 valence electrons. The lowest BCUT2D eigenvalue weighted by molar-refractivity contribution is 0.315. The highest BCUT2D eigenvalue weighted by Crippen LogP contribution is 2.19. The van der Waals surface area contributed by atoms with Crippen molar-refractivity contribution in [1.82, 2.24) is 19.7 Å². The van der Waals surface area contributed by atoms with Crippen molar-refractivity contribution in [2.75, 3.05) is 0 Å². The van der Waals surface area contributed by atoms with E-state index in [0.29, 0.717) is 5.15 Å². The fourth-order valence-corrected chi connectivity index (χ4v) is 2.79. The van der Waals surface area contributed by atoms with Crippen LogP contribution in [0.25, 0.3) is 16.0 Å². The number of hydrogen-bond donors (Lipinski definition) is 0. The van der Waals surface area contributed by atoms with E-state index in [-0.39, 0.29) is 14.9 Å². The van der Waals surface area contributed by atoms with Crippen LogP contribution in [0.15, 0.2) is 34.4 Å². The van der Waals surface area contributed by atoms with Gasteiger partial charge < -0.3 is 0 Å². The van der Waals surface area contributed by atoms with Gasteiger partial charge in [0.05, 0.1) is 5.69 Å². The molecular weight excluding hydrogens is 344 g/mol. The van der Waals surface area contributed by atoms with Crippen LogP contribution < -0.4 is 0 Å². The Morgan fingerprint density at radius 2 is 1.83 bits per heavy atom. The molecule has 0 aliphatic heterocycles. The Kier molecular flexibility index (Phi) is 9.25. The fraction of sp³-hybridized carbons (Fsp3) is 0.353. The van der Waals surface area contributed by atoms with Crippen molar-refractivity contribution in [3.05, 3.63) is 46.2 Å². The van der Waals surface area contributed by atoms with Gasteiger partial charge in [0.2, 0.25) is 0 Å². The second kappa shape index (κ2) is 10.1. The van der Waals surface area contributed by atoms with Crippen molar-refractivity contribution in [2.24, 2.45) is 0 Å². The molecule has 1 aromatic carbocycles. The van der Waals surface area contributed by atoms with Gasteiger partial charge in [-0.25, -0.2) is 9.61 Å². The molecule has 3 aromatic heterocycles. The third kappa shape index (κ3) is 4.55. The average Bonchev–Trinajstić information content (AvgIpc) is 3.23. The van der Waals surface area contributed by atoms with E-state index in [4.69, 9.17) is 11.6 Å². The van der Waals surface area contributed by atoms with E-state index in [1.54, 1.807) is 11.3 Å². The summed E-state index contributed by atoms with van der Waals surface area (Å²) in [5, 5.41) is 10.0. The van der Waals surface area contributed by atoms with Crippen molar-refractivity contribution >= 4 is 38.9 Å². The molecule has 7 heteroatoms. The second-order valence-corrected chi connectivity index (χ2v) is 5.48. The van der Waals surface area contributed by atoms with Crippen LogP contribution in [-0.2, 0) is 0 Å². The van der Waals surface area contributed by atoms with E-state index in [2.05, 4.69) is 19.9 Å². The van der Waals surface area contributed by atoms with Gasteiger partial charge in [0.1, 0.15) is 11.0 Å². The first-order valence-corrected chi connectivity index (χ1v) is 8.18. The van der Waals surface area contributed by atoms with Crippen molar-refractivity contribution in [2.45, 2.75) is 42.5 Å². The minimum atomic E-state index is 0. The maximum atomic E-state index is 5.77. The zero-order chi connectivity index (χ0) is 16.1. The number of fused-ring (bicyclic) bond motifs is 2. The Bertz CT molecular complexity index is 866. The van der Waals surface area contributed by atoms with E-state index in [0.717, 1.165) is 27.3 Å². The summed E-state index contributed by atoms with van der Waals surface area (Å²) in [6.07, 6.45) is 1.97. The van der Waals surface area contributed by atoms with Crippen LogP contribution in [0.4, 0.5) is 0 Å². The molecule has 5 nitrogen and oxygen atoms in total. The third-order valence-electron chi connectivity index (χ3n) is 2.93. The number of imidazole rings is 1. The summed E-state index contributed by atoms with van der Waals surface area (Å²) in [6, 6.07) is 5.78. The average molecular weight is 369 g/mol. The monoisotopic (exact) mass is 368 g/mol. The highest BCUT2D eigenvalue weighted by atomic mass is 35.5. The zero-order valence-electron chi connectivity index (χ0n) is 12.9. The van der Waals surface area contributed by atoms with Gasteiger partial charge in [0, 0.05) is 11.6 Å². The smallest absolute Gasteiger partial charge is 0.195 e.